The molecule has 28 heavy (non-hydrogen) atoms. The van der Waals surface area contributed by atoms with Gasteiger partial charge in [-0.2, -0.15) is 0 Å². The average Bonchev–Trinajstić information content (AvgIpc) is 2.63. The molecule has 0 bridgehead atoms. The van der Waals surface area contributed by atoms with Crippen LogP contribution in [0.2, 0.25) is 0 Å². The number of hydrogen-bond donors (Lipinski definition) is 0. The minimum atomic E-state index is -3.79. The SMILES string of the molecule is CC(=O)OCC1=C(COC(=O)c2ccc(F)cc2)N2C(=O)[C@H](Cl)[C@H]2S(=O)(=O)C1. The molecule has 1 saturated heterocycles. The van der Waals surface area contributed by atoms with Crippen molar-refractivity contribution in [3.05, 3.63) is 46.9 Å². The molecule has 1 aromatic carbocycles. The van der Waals surface area contributed by atoms with E-state index in [-0.39, 0.29) is 23.4 Å². The number of β-lactam (4-membered cyclic amide) rings is 1. The van der Waals surface area contributed by atoms with Crippen molar-refractivity contribution in [3.8, 4) is 0 Å². The van der Waals surface area contributed by atoms with E-state index in [0.29, 0.717) is 0 Å². The first kappa shape index (κ1) is 20.3. The van der Waals surface area contributed by atoms with Crippen molar-refractivity contribution < 1.29 is 36.7 Å². The lowest BCUT2D eigenvalue weighted by Gasteiger charge is -2.47. The van der Waals surface area contributed by atoms with E-state index >= 15 is 0 Å². The molecule has 2 aliphatic heterocycles. The van der Waals surface area contributed by atoms with E-state index < -0.39 is 56.6 Å². The van der Waals surface area contributed by atoms with E-state index in [1.165, 1.54) is 12.1 Å². The van der Waals surface area contributed by atoms with E-state index in [0.717, 1.165) is 24.0 Å². The van der Waals surface area contributed by atoms with Crippen molar-refractivity contribution in [1.82, 2.24) is 4.90 Å². The van der Waals surface area contributed by atoms with Gasteiger partial charge in [-0.15, -0.1) is 11.6 Å². The fourth-order valence-corrected chi connectivity index (χ4v) is 5.56. The summed E-state index contributed by atoms with van der Waals surface area (Å²) in [5.41, 5.74) is 0.308. The highest BCUT2D eigenvalue weighted by molar-refractivity contribution is 7.92. The second kappa shape index (κ2) is 7.51. The Kier molecular flexibility index (Phi) is 5.44. The fraction of sp³-hybridized carbons (Fsp3) is 0.353. The largest absolute Gasteiger partial charge is 0.461 e. The van der Waals surface area contributed by atoms with Gasteiger partial charge in [0.1, 0.15) is 24.4 Å². The predicted octanol–water partition coefficient (Wildman–Crippen LogP) is 1.00. The minimum absolute atomic E-state index is 0.0775. The van der Waals surface area contributed by atoms with Crippen LogP contribution in [0.3, 0.4) is 0 Å². The lowest BCUT2D eigenvalue weighted by Crippen LogP contribution is -2.67. The van der Waals surface area contributed by atoms with Crippen molar-refractivity contribution in [2.75, 3.05) is 19.0 Å². The molecule has 0 aliphatic carbocycles. The molecule has 0 spiro atoms. The summed E-state index contributed by atoms with van der Waals surface area (Å²) in [7, 11) is -3.79. The fourth-order valence-electron chi connectivity index (χ4n) is 2.93. The van der Waals surface area contributed by atoms with Crippen LogP contribution in [-0.4, -0.2) is 60.9 Å². The quantitative estimate of drug-likeness (QED) is 0.389. The number of sulfone groups is 1. The van der Waals surface area contributed by atoms with Crippen LogP contribution in [0.15, 0.2) is 35.5 Å². The van der Waals surface area contributed by atoms with E-state index in [9.17, 15) is 27.2 Å². The zero-order chi connectivity index (χ0) is 20.6. The van der Waals surface area contributed by atoms with Crippen molar-refractivity contribution in [3.63, 3.8) is 0 Å². The third-order valence-electron chi connectivity index (χ3n) is 4.29. The molecular weight excluding hydrogens is 417 g/mol. The van der Waals surface area contributed by atoms with Gasteiger partial charge in [0.25, 0.3) is 0 Å². The van der Waals surface area contributed by atoms with E-state index in [1.54, 1.807) is 0 Å². The second-order valence-corrected chi connectivity index (χ2v) is 8.79. The molecule has 1 amide bonds. The molecule has 3 rings (SSSR count). The topological polar surface area (TPSA) is 107 Å². The van der Waals surface area contributed by atoms with E-state index in [1.807, 2.05) is 0 Å². The Bertz CT molecular complexity index is 974. The van der Waals surface area contributed by atoms with Crippen LogP contribution in [-0.2, 0) is 28.9 Å². The van der Waals surface area contributed by atoms with Crippen LogP contribution in [0.1, 0.15) is 17.3 Å². The molecule has 0 saturated carbocycles. The summed E-state index contributed by atoms with van der Waals surface area (Å²) in [6.45, 7) is 0.341. The Morgan fingerprint density at radius 2 is 1.86 bits per heavy atom. The first-order valence-electron chi connectivity index (χ1n) is 8.07. The van der Waals surface area contributed by atoms with Crippen molar-refractivity contribution in [2.45, 2.75) is 17.7 Å². The number of nitrogens with zero attached hydrogens (tertiary/aromatic N) is 1. The van der Waals surface area contributed by atoms with Gasteiger partial charge in [0.2, 0.25) is 5.91 Å². The molecule has 1 aromatic rings. The zero-order valence-corrected chi connectivity index (χ0v) is 16.1. The smallest absolute Gasteiger partial charge is 0.338 e. The van der Waals surface area contributed by atoms with Gasteiger partial charge >= 0.3 is 11.9 Å². The van der Waals surface area contributed by atoms with Gasteiger partial charge in [-0.1, -0.05) is 0 Å². The second-order valence-electron chi connectivity index (χ2n) is 6.22. The number of rotatable bonds is 5. The highest BCUT2D eigenvalue weighted by Crippen LogP contribution is 2.39. The number of carbonyl (C=O) groups excluding carboxylic acids is 3. The molecule has 11 heteroatoms. The Morgan fingerprint density at radius 1 is 1.21 bits per heavy atom. The highest BCUT2D eigenvalue weighted by atomic mass is 35.5. The Hall–Kier alpha value is -2.46. The van der Waals surface area contributed by atoms with Gasteiger partial charge in [0.05, 0.1) is 17.0 Å². The number of amides is 1. The van der Waals surface area contributed by atoms with Gasteiger partial charge in [-0.25, -0.2) is 17.6 Å². The molecule has 150 valence electrons. The number of benzene rings is 1. The third kappa shape index (κ3) is 3.74. The number of halogens is 2. The normalized spacial score (nSPS) is 23.0. The molecule has 0 radical (unpaired) electrons. The summed E-state index contributed by atoms with van der Waals surface area (Å²) in [6, 6.07) is 4.62. The van der Waals surface area contributed by atoms with Crippen molar-refractivity contribution in [1.29, 1.82) is 0 Å². The molecule has 0 unspecified atom stereocenters. The maximum absolute atomic E-state index is 13.0. The number of hydrogen-bond acceptors (Lipinski definition) is 7. The molecule has 0 N–H and O–H groups in total. The van der Waals surface area contributed by atoms with Crippen LogP contribution >= 0.6 is 11.6 Å². The number of ether oxygens (including phenoxy) is 2. The summed E-state index contributed by atoms with van der Waals surface area (Å²) in [6.07, 6.45) is 0. The third-order valence-corrected chi connectivity index (χ3v) is 6.83. The van der Waals surface area contributed by atoms with Gasteiger partial charge < -0.3 is 9.47 Å². The predicted molar refractivity (Wildman–Crippen MR) is 94.4 cm³/mol. The molecule has 8 nitrogen and oxygen atoms in total. The summed E-state index contributed by atoms with van der Waals surface area (Å²) in [5, 5.41) is -2.50. The Balaban J connectivity index is 1.86. The minimum Gasteiger partial charge on any atom is -0.461 e. The van der Waals surface area contributed by atoms with Crippen LogP contribution in [0, 0.1) is 5.82 Å². The average molecular weight is 432 g/mol. The molecule has 2 aliphatic rings. The molecule has 2 atom stereocenters. The first-order chi connectivity index (χ1) is 13.1. The molecular formula is C17H15ClFNO7S. The van der Waals surface area contributed by atoms with Gasteiger partial charge in [-0.05, 0) is 24.3 Å². The van der Waals surface area contributed by atoms with Gasteiger partial charge in [-0.3, -0.25) is 14.5 Å². The molecule has 1 fully saturated rings. The lowest BCUT2D eigenvalue weighted by molar-refractivity contribution is -0.140. The monoisotopic (exact) mass is 431 g/mol. The van der Waals surface area contributed by atoms with Gasteiger partial charge in [0, 0.05) is 12.5 Å². The molecule has 0 aromatic heterocycles. The number of esters is 2. The summed E-state index contributed by atoms with van der Waals surface area (Å²) >= 11 is 5.85. The maximum Gasteiger partial charge on any atom is 0.338 e. The number of carbonyl (C=O) groups is 3. The van der Waals surface area contributed by atoms with Crippen LogP contribution in [0.4, 0.5) is 4.39 Å². The number of fused-ring (bicyclic) bond motifs is 1. The summed E-state index contributed by atoms with van der Waals surface area (Å²) in [4.78, 5) is 36.3. The van der Waals surface area contributed by atoms with Crippen molar-refractivity contribution in [2.24, 2.45) is 0 Å². The van der Waals surface area contributed by atoms with Crippen LogP contribution in [0.25, 0.3) is 0 Å². The zero-order valence-electron chi connectivity index (χ0n) is 14.6. The van der Waals surface area contributed by atoms with Crippen molar-refractivity contribution >= 4 is 39.3 Å². The summed E-state index contributed by atoms with van der Waals surface area (Å²) < 4.78 is 47.8. The Labute approximate surface area is 164 Å². The first-order valence-corrected chi connectivity index (χ1v) is 10.2. The molecule has 2 heterocycles. The lowest BCUT2D eigenvalue weighted by atomic mass is 10.1. The van der Waals surface area contributed by atoms with E-state index in [2.05, 4.69) is 0 Å². The Morgan fingerprint density at radius 3 is 2.46 bits per heavy atom. The van der Waals surface area contributed by atoms with Gasteiger partial charge in [0.15, 0.2) is 15.2 Å². The van der Waals surface area contributed by atoms with Crippen LogP contribution < -0.4 is 0 Å². The standard InChI is InChI=1S/C17H15ClFNO7S/c1-9(21)26-6-11-8-28(24,25)16-14(18)15(22)20(16)13(11)7-27-17(23)10-2-4-12(19)5-3-10/h2-5,14,16H,6-8H2,1H3/t14-,16+/m0/s1. The summed E-state index contributed by atoms with van der Waals surface area (Å²) in [5.74, 6) is -3.09. The van der Waals surface area contributed by atoms with E-state index in [4.69, 9.17) is 21.1 Å². The van der Waals surface area contributed by atoms with Crippen LogP contribution in [0.5, 0.6) is 0 Å². The maximum atomic E-state index is 13.0. The number of alkyl halides is 1. The highest BCUT2D eigenvalue weighted by Gasteiger charge is 2.58.